The Kier molecular flexibility index (Phi) is 12.8. The summed E-state index contributed by atoms with van der Waals surface area (Å²) >= 11 is 0. The van der Waals surface area contributed by atoms with Crippen LogP contribution in [0.2, 0.25) is 0 Å². The van der Waals surface area contributed by atoms with Gasteiger partial charge in [-0.05, 0) is 116 Å². The van der Waals surface area contributed by atoms with Crippen LogP contribution in [-0.4, -0.2) is 135 Å². The zero-order chi connectivity index (χ0) is 46.4. The number of aliphatic hydroxyl groups excluding tert-OH is 1. The van der Waals surface area contributed by atoms with E-state index in [1.807, 2.05) is 26.8 Å². The minimum Gasteiger partial charge on any atom is -0.508 e. The number of phenols is 1. The molecule has 4 saturated carbocycles. The summed E-state index contributed by atoms with van der Waals surface area (Å²) < 4.78 is 44.2. The summed E-state index contributed by atoms with van der Waals surface area (Å²) in [4.78, 5) is 26.0. The third kappa shape index (κ3) is 7.50. The number of aromatic hydroxyl groups is 1. The van der Waals surface area contributed by atoms with Crippen molar-refractivity contribution in [3.8, 4) is 5.75 Å². The molecule has 1 aromatic rings. The van der Waals surface area contributed by atoms with Crippen LogP contribution in [0.25, 0.3) is 0 Å². The molecular formula is C45H67NO15S. The molecule has 0 aromatic heterocycles. The number of ether oxygens (including phenoxy) is 2. The molecule has 4 aliphatic carbocycles. The van der Waals surface area contributed by atoms with E-state index in [9.17, 15) is 45.3 Å². The maximum absolute atomic E-state index is 12.9. The number of nitrogens with zero attached hydrogens (tertiary/aromatic N) is 1. The number of allylic oxidation sites excluding steroid dienone is 3. The topological polar surface area (TPSA) is 272 Å². The van der Waals surface area contributed by atoms with Gasteiger partial charge < -0.3 is 45.2 Å². The van der Waals surface area contributed by atoms with Crippen LogP contribution in [0, 0.1) is 29.1 Å². The van der Waals surface area contributed by atoms with E-state index in [1.54, 1.807) is 45.0 Å². The standard InChI is InChI=1S/C32H49NO9.C13H16O2.H2O4S/c1-6-18(3)25(35)41-24-11-12-26(4)19-8-9-20-28(37)13-23(34)31(39)21(29(28,38)16-30(20,26)42-32(19,24)40)15-33-14-17(2)7-10-22(33)27(31,5)36;1-9(2)4-5-12-8-11(10(3)14)6-7-13(12)15;1-5(2,3)4/h6,17,19-24,34,36-40H,7-16H2,1-5H3;4,6-8,15H,5H2,1-3H3;(H2,1,2,3,4). The fourth-order valence-corrected chi connectivity index (χ4v) is 13.1. The average molecular weight is 894 g/mol. The number of hydrogen-bond acceptors (Lipinski definition) is 14. The highest BCUT2D eigenvalue weighted by molar-refractivity contribution is 7.79. The number of Topliss-reactive ketones (excluding diaryl/α,β-unsaturated/α-hetero) is 1. The number of carbonyl (C=O) groups is 2. The first-order valence-corrected chi connectivity index (χ1v) is 23.1. The Hall–Kier alpha value is -2.81. The Morgan fingerprint density at radius 3 is 2.15 bits per heavy atom. The highest BCUT2D eigenvalue weighted by Gasteiger charge is 2.88. The molecule has 8 rings (SSSR count). The van der Waals surface area contributed by atoms with E-state index >= 15 is 0 Å². The molecule has 3 heterocycles. The van der Waals surface area contributed by atoms with E-state index in [0.717, 1.165) is 12.0 Å². The number of benzene rings is 1. The molecule has 7 aliphatic rings. The van der Waals surface area contributed by atoms with Gasteiger partial charge in [-0.15, -0.1) is 0 Å². The van der Waals surface area contributed by atoms with Gasteiger partial charge in [0.05, 0.1) is 11.7 Å². The summed E-state index contributed by atoms with van der Waals surface area (Å²) in [5, 5.41) is 83.5. The van der Waals surface area contributed by atoms with Crippen molar-refractivity contribution in [3.63, 3.8) is 0 Å². The van der Waals surface area contributed by atoms with Crippen LogP contribution in [-0.2, 0) is 31.1 Å². The van der Waals surface area contributed by atoms with Gasteiger partial charge in [0, 0.05) is 66.3 Å². The maximum atomic E-state index is 12.9. The minimum atomic E-state index is -4.67. The molecule has 7 fully saturated rings. The SMILES string of the molecule is CC(=O)c1ccc(O)c(CC=C(C)C)c1.CC=C(C)C(=O)OC1CCC2(C)C3CCC4C5(O)CC(O)C6(O)C(CN7CC(C)CCC7C6(C)O)C5(O)CC42OC13O.O=S(=O)(O)O. The first-order valence-electron chi connectivity index (χ1n) is 21.7. The fourth-order valence-electron chi connectivity index (χ4n) is 13.1. The Morgan fingerprint density at radius 2 is 1.55 bits per heavy atom. The monoisotopic (exact) mass is 893 g/mol. The molecule has 0 amide bonds. The van der Waals surface area contributed by atoms with E-state index in [4.69, 9.17) is 27.0 Å². The van der Waals surface area contributed by atoms with Gasteiger partial charge in [-0.1, -0.05) is 31.6 Å². The van der Waals surface area contributed by atoms with Crippen molar-refractivity contribution in [2.45, 2.75) is 165 Å². The number of aliphatic hydroxyl groups is 6. The molecule has 1 aromatic carbocycles. The van der Waals surface area contributed by atoms with Gasteiger partial charge in [-0.2, -0.15) is 8.42 Å². The molecular weight excluding hydrogens is 827 g/mol. The predicted molar refractivity (Wildman–Crippen MR) is 225 cm³/mol. The third-order valence-corrected chi connectivity index (χ3v) is 16.3. The largest absolute Gasteiger partial charge is 0.508 e. The molecule has 348 valence electrons. The van der Waals surface area contributed by atoms with Crippen LogP contribution < -0.4 is 0 Å². The lowest BCUT2D eigenvalue weighted by Crippen LogP contribution is -2.85. The van der Waals surface area contributed by atoms with Crippen LogP contribution in [0.3, 0.4) is 0 Å². The quantitative estimate of drug-likeness (QED) is 0.0674. The molecule has 17 heteroatoms. The van der Waals surface area contributed by atoms with Crippen molar-refractivity contribution in [1.82, 2.24) is 4.90 Å². The zero-order valence-corrected chi connectivity index (χ0v) is 37.9. The molecule has 0 radical (unpaired) electrons. The Bertz CT molecular complexity index is 2100. The van der Waals surface area contributed by atoms with E-state index in [2.05, 4.69) is 11.8 Å². The van der Waals surface area contributed by atoms with Gasteiger partial charge in [0.25, 0.3) is 0 Å². The van der Waals surface area contributed by atoms with Crippen molar-refractivity contribution in [2.24, 2.45) is 29.1 Å². The van der Waals surface area contributed by atoms with Gasteiger partial charge >= 0.3 is 16.4 Å². The number of hydrogen-bond donors (Lipinski definition) is 9. The van der Waals surface area contributed by atoms with E-state index in [-0.39, 0.29) is 37.0 Å². The van der Waals surface area contributed by atoms with Gasteiger partial charge in [-0.25, -0.2) is 4.79 Å². The number of fused-ring (bicyclic) bond motifs is 5. The molecule has 4 bridgehead atoms. The average Bonchev–Trinajstić information content (AvgIpc) is 3.33. The Labute approximate surface area is 364 Å². The van der Waals surface area contributed by atoms with Crippen molar-refractivity contribution >= 4 is 22.2 Å². The second kappa shape index (κ2) is 16.3. The molecule has 9 N–H and O–H groups in total. The second-order valence-electron chi connectivity index (χ2n) is 20.0. The number of rotatable bonds is 5. The van der Waals surface area contributed by atoms with Gasteiger partial charge in [0.15, 0.2) is 11.9 Å². The lowest BCUT2D eigenvalue weighted by molar-refractivity contribution is -0.354. The first-order chi connectivity index (χ1) is 28.5. The molecule has 14 unspecified atom stereocenters. The number of phenolic OH excluding ortho intramolecular Hbond substituents is 1. The van der Waals surface area contributed by atoms with Crippen LogP contribution in [0.4, 0.5) is 0 Å². The zero-order valence-electron chi connectivity index (χ0n) is 37.0. The van der Waals surface area contributed by atoms with E-state index in [1.165, 1.54) is 12.5 Å². The van der Waals surface area contributed by atoms with Crippen LogP contribution in [0.1, 0.15) is 123 Å². The summed E-state index contributed by atoms with van der Waals surface area (Å²) in [6.07, 6.45) is 4.98. The lowest BCUT2D eigenvalue weighted by atomic mass is 9.49. The lowest BCUT2D eigenvalue weighted by Gasteiger charge is -2.68. The summed E-state index contributed by atoms with van der Waals surface area (Å²) in [6.45, 7) is 15.6. The highest BCUT2D eigenvalue weighted by Crippen LogP contribution is 2.78. The number of piperidine rings is 2. The predicted octanol–water partition coefficient (Wildman–Crippen LogP) is 3.44. The van der Waals surface area contributed by atoms with Crippen molar-refractivity contribution in [1.29, 1.82) is 0 Å². The van der Waals surface area contributed by atoms with Crippen LogP contribution in [0.15, 0.2) is 41.5 Å². The molecule has 3 aliphatic heterocycles. The van der Waals surface area contributed by atoms with Gasteiger partial charge in [-0.3, -0.25) is 18.8 Å². The molecule has 14 atom stereocenters. The third-order valence-electron chi connectivity index (χ3n) is 16.3. The Morgan fingerprint density at radius 1 is 0.919 bits per heavy atom. The summed E-state index contributed by atoms with van der Waals surface area (Å²) in [6, 6.07) is 4.58. The minimum absolute atomic E-state index is 0.0217. The van der Waals surface area contributed by atoms with Gasteiger partial charge in [0.1, 0.15) is 28.2 Å². The van der Waals surface area contributed by atoms with E-state index in [0.29, 0.717) is 62.1 Å². The number of ketones is 1. The fraction of sp³-hybridized carbons (Fsp3) is 0.733. The molecule has 16 nitrogen and oxygen atoms in total. The van der Waals surface area contributed by atoms with Crippen molar-refractivity contribution < 1.29 is 72.3 Å². The Balaban J connectivity index is 0.000000267. The smallest absolute Gasteiger partial charge is 0.394 e. The second-order valence-corrected chi connectivity index (χ2v) is 20.9. The van der Waals surface area contributed by atoms with Crippen molar-refractivity contribution in [2.75, 3.05) is 13.1 Å². The van der Waals surface area contributed by atoms with Crippen LogP contribution in [0.5, 0.6) is 5.75 Å². The van der Waals surface area contributed by atoms with Crippen LogP contribution >= 0.6 is 0 Å². The summed E-state index contributed by atoms with van der Waals surface area (Å²) in [5.74, 6) is -3.78. The maximum Gasteiger partial charge on any atom is 0.394 e. The summed E-state index contributed by atoms with van der Waals surface area (Å²) in [7, 11) is -4.67. The normalized spacial score (nSPS) is 44.1. The van der Waals surface area contributed by atoms with E-state index < -0.39 is 85.5 Å². The molecule has 1 spiro atoms. The highest BCUT2D eigenvalue weighted by atomic mass is 32.3. The van der Waals surface area contributed by atoms with Gasteiger partial charge in [0.2, 0.25) is 5.79 Å². The molecule has 62 heavy (non-hydrogen) atoms. The molecule has 3 saturated heterocycles. The number of carbonyl (C=O) groups excluding carboxylic acids is 2. The first kappa shape index (κ1) is 48.6. The number of esters is 1. The summed E-state index contributed by atoms with van der Waals surface area (Å²) in [5.41, 5.74) is -6.32. The van der Waals surface area contributed by atoms with Crippen molar-refractivity contribution in [3.05, 3.63) is 52.6 Å².